The third kappa shape index (κ3) is 2.37. The Kier molecular flexibility index (Phi) is 3.63. The Labute approximate surface area is 108 Å². The highest BCUT2D eigenvalue weighted by Gasteiger charge is 2.20. The van der Waals surface area contributed by atoms with Gasteiger partial charge in [-0.05, 0) is 25.2 Å². The molecule has 1 unspecified atom stereocenters. The molecule has 0 bridgehead atoms. The Bertz CT molecular complexity index is 568. The number of rotatable bonds is 3. The third-order valence-corrected chi connectivity index (χ3v) is 2.96. The molecule has 0 spiro atoms. The first-order valence-electron chi connectivity index (χ1n) is 5.34. The van der Waals surface area contributed by atoms with Gasteiger partial charge in [0.1, 0.15) is 11.6 Å². The molecule has 1 heterocycles. The third-order valence-electron chi connectivity index (χ3n) is 2.67. The topological polar surface area (TPSA) is 29.9 Å². The molecule has 96 valence electrons. The average Bonchev–Trinajstić information content (AvgIpc) is 2.73. The minimum Gasteiger partial charge on any atom is -0.308 e. The van der Waals surface area contributed by atoms with E-state index in [4.69, 9.17) is 11.6 Å². The van der Waals surface area contributed by atoms with Crippen LogP contribution in [0, 0.1) is 11.6 Å². The Morgan fingerprint density at radius 1 is 1.33 bits per heavy atom. The van der Waals surface area contributed by atoms with Crippen molar-refractivity contribution in [1.82, 2.24) is 15.1 Å². The Morgan fingerprint density at radius 3 is 2.61 bits per heavy atom. The second kappa shape index (κ2) is 5.04. The van der Waals surface area contributed by atoms with Crippen molar-refractivity contribution in [3.63, 3.8) is 0 Å². The highest BCUT2D eigenvalue weighted by Crippen LogP contribution is 2.27. The summed E-state index contributed by atoms with van der Waals surface area (Å²) in [7, 11) is 3.42. The fraction of sp³-hybridized carbons (Fsp3) is 0.250. The van der Waals surface area contributed by atoms with E-state index in [2.05, 4.69) is 10.4 Å². The maximum atomic E-state index is 13.8. The lowest BCUT2D eigenvalue weighted by molar-refractivity contribution is 0.550. The highest BCUT2D eigenvalue weighted by atomic mass is 35.5. The summed E-state index contributed by atoms with van der Waals surface area (Å²) in [5, 5.41) is 6.86. The monoisotopic (exact) mass is 271 g/mol. The molecule has 2 rings (SSSR count). The molecule has 1 N–H and O–H groups in total. The van der Waals surface area contributed by atoms with Gasteiger partial charge in [-0.25, -0.2) is 8.78 Å². The first kappa shape index (κ1) is 13.0. The molecular weight excluding hydrogens is 260 g/mol. The molecule has 6 heteroatoms. The van der Waals surface area contributed by atoms with E-state index in [-0.39, 0.29) is 10.6 Å². The van der Waals surface area contributed by atoms with Crippen molar-refractivity contribution in [1.29, 1.82) is 0 Å². The second-order valence-electron chi connectivity index (χ2n) is 3.92. The van der Waals surface area contributed by atoms with E-state index in [0.29, 0.717) is 5.69 Å². The van der Waals surface area contributed by atoms with Crippen LogP contribution in [0.4, 0.5) is 8.78 Å². The van der Waals surface area contributed by atoms with Gasteiger partial charge in [-0.2, -0.15) is 5.10 Å². The summed E-state index contributed by atoms with van der Waals surface area (Å²) < 4.78 is 28.9. The van der Waals surface area contributed by atoms with Crippen molar-refractivity contribution in [2.24, 2.45) is 7.05 Å². The summed E-state index contributed by atoms with van der Waals surface area (Å²) in [6.45, 7) is 0. The number of nitrogens with zero attached hydrogens (tertiary/aromatic N) is 2. The van der Waals surface area contributed by atoms with Crippen LogP contribution in [0.25, 0.3) is 0 Å². The summed E-state index contributed by atoms with van der Waals surface area (Å²) in [5.74, 6) is -1.21. The van der Waals surface area contributed by atoms with Crippen LogP contribution in [0.15, 0.2) is 24.4 Å². The first-order valence-corrected chi connectivity index (χ1v) is 5.72. The van der Waals surface area contributed by atoms with E-state index >= 15 is 0 Å². The summed E-state index contributed by atoms with van der Waals surface area (Å²) in [5.41, 5.74) is 0.790. The summed E-state index contributed by atoms with van der Waals surface area (Å²) in [4.78, 5) is 0. The van der Waals surface area contributed by atoms with Gasteiger partial charge < -0.3 is 5.32 Å². The lowest BCUT2D eigenvalue weighted by Gasteiger charge is -2.15. The maximum absolute atomic E-state index is 13.8. The Hall–Kier alpha value is -1.46. The first-order chi connectivity index (χ1) is 8.52. The predicted octanol–water partition coefficient (Wildman–Crippen LogP) is 2.66. The van der Waals surface area contributed by atoms with E-state index < -0.39 is 17.7 Å². The fourth-order valence-electron chi connectivity index (χ4n) is 1.81. The Balaban J connectivity index is 2.48. The Morgan fingerprint density at radius 2 is 2.06 bits per heavy atom. The van der Waals surface area contributed by atoms with E-state index in [1.54, 1.807) is 31.0 Å². The molecule has 0 amide bonds. The quantitative estimate of drug-likeness (QED) is 0.870. The lowest BCUT2D eigenvalue weighted by atomic mass is 10.0. The lowest BCUT2D eigenvalue weighted by Crippen LogP contribution is -2.20. The van der Waals surface area contributed by atoms with Crippen molar-refractivity contribution in [2.75, 3.05) is 7.05 Å². The molecule has 0 radical (unpaired) electrons. The number of nitrogens with one attached hydrogen (secondary N) is 1. The van der Waals surface area contributed by atoms with Crippen molar-refractivity contribution in [3.05, 3.63) is 52.3 Å². The molecule has 0 saturated carbocycles. The fourth-order valence-corrected chi connectivity index (χ4v) is 1.96. The average molecular weight is 272 g/mol. The molecule has 0 aliphatic heterocycles. The number of hydrogen-bond acceptors (Lipinski definition) is 2. The zero-order chi connectivity index (χ0) is 13.3. The van der Waals surface area contributed by atoms with Gasteiger partial charge in [-0.15, -0.1) is 0 Å². The molecule has 1 atom stereocenters. The largest absolute Gasteiger partial charge is 0.308 e. The molecule has 0 aliphatic carbocycles. The smallest absolute Gasteiger partial charge is 0.142 e. The van der Waals surface area contributed by atoms with Gasteiger partial charge in [0.05, 0.1) is 16.8 Å². The number of halogens is 3. The van der Waals surface area contributed by atoms with Gasteiger partial charge in [0.25, 0.3) is 0 Å². The molecular formula is C12H12ClF2N3. The van der Waals surface area contributed by atoms with Crippen molar-refractivity contribution >= 4 is 11.6 Å². The zero-order valence-electron chi connectivity index (χ0n) is 9.92. The molecule has 3 nitrogen and oxygen atoms in total. The van der Waals surface area contributed by atoms with Gasteiger partial charge in [-0.3, -0.25) is 4.68 Å². The number of aryl methyl sites for hydroxylation is 1. The normalized spacial score (nSPS) is 12.7. The summed E-state index contributed by atoms with van der Waals surface area (Å²) in [6, 6.07) is 3.29. The minimum absolute atomic E-state index is 0.179. The molecule has 2 aromatic rings. The standard InChI is InChI=1S/C12H12ClF2N3/c1-16-12(11-3-4-18(2)17-11)7-5-10(15)8(13)6-9(7)14/h3-6,12,16H,1-2H3. The number of aromatic nitrogens is 2. The van der Waals surface area contributed by atoms with Crippen LogP contribution in [0.1, 0.15) is 17.3 Å². The van der Waals surface area contributed by atoms with Gasteiger partial charge in [-0.1, -0.05) is 11.6 Å². The molecule has 1 aromatic carbocycles. The van der Waals surface area contributed by atoms with Crippen LogP contribution in [-0.2, 0) is 7.05 Å². The van der Waals surface area contributed by atoms with E-state index in [1.165, 1.54) is 0 Å². The molecule has 18 heavy (non-hydrogen) atoms. The van der Waals surface area contributed by atoms with E-state index in [0.717, 1.165) is 12.1 Å². The number of hydrogen-bond donors (Lipinski definition) is 1. The SMILES string of the molecule is CNC(c1ccn(C)n1)c1cc(F)c(Cl)cc1F. The van der Waals surface area contributed by atoms with Crippen molar-refractivity contribution < 1.29 is 8.78 Å². The second-order valence-corrected chi connectivity index (χ2v) is 4.33. The van der Waals surface area contributed by atoms with Crippen LogP contribution >= 0.6 is 11.6 Å². The van der Waals surface area contributed by atoms with Crippen LogP contribution in [0.2, 0.25) is 5.02 Å². The molecule has 0 fully saturated rings. The van der Waals surface area contributed by atoms with Crippen molar-refractivity contribution in [2.45, 2.75) is 6.04 Å². The van der Waals surface area contributed by atoms with Crippen molar-refractivity contribution in [3.8, 4) is 0 Å². The van der Waals surface area contributed by atoms with Gasteiger partial charge in [0.2, 0.25) is 0 Å². The van der Waals surface area contributed by atoms with Gasteiger partial charge in [0.15, 0.2) is 0 Å². The maximum Gasteiger partial charge on any atom is 0.142 e. The van der Waals surface area contributed by atoms with Crippen LogP contribution < -0.4 is 5.32 Å². The van der Waals surface area contributed by atoms with Gasteiger partial charge >= 0.3 is 0 Å². The molecule has 1 aromatic heterocycles. The van der Waals surface area contributed by atoms with Gasteiger partial charge in [0, 0.05) is 18.8 Å². The highest BCUT2D eigenvalue weighted by molar-refractivity contribution is 6.30. The zero-order valence-corrected chi connectivity index (χ0v) is 10.7. The summed E-state index contributed by atoms with van der Waals surface area (Å²) in [6.07, 6.45) is 1.74. The number of benzene rings is 1. The van der Waals surface area contributed by atoms with Crippen LogP contribution in [0.3, 0.4) is 0 Å². The van der Waals surface area contributed by atoms with E-state index in [9.17, 15) is 8.78 Å². The molecule has 0 aliphatic rings. The molecule has 0 saturated heterocycles. The van der Waals surface area contributed by atoms with E-state index in [1.807, 2.05) is 0 Å². The van der Waals surface area contributed by atoms with Crippen LogP contribution in [-0.4, -0.2) is 16.8 Å². The van der Waals surface area contributed by atoms with Crippen LogP contribution in [0.5, 0.6) is 0 Å². The minimum atomic E-state index is -0.649. The summed E-state index contributed by atoms with van der Waals surface area (Å²) >= 11 is 5.53. The predicted molar refractivity (Wildman–Crippen MR) is 65.5 cm³/mol.